The number of carbonyl (C=O) groups is 2. The first-order chi connectivity index (χ1) is 19.0. The molecule has 0 bridgehead atoms. The first-order valence-corrected chi connectivity index (χ1v) is 13.9. The maximum absolute atomic E-state index is 13.2. The van der Waals surface area contributed by atoms with Crippen molar-refractivity contribution in [1.82, 2.24) is 9.88 Å². The lowest BCUT2D eigenvalue weighted by Gasteiger charge is -2.17. The van der Waals surface area contributed by atoms with Crippen molar-refractivity contribution in [3.8, 4) is 5.75 Å². The van der Waals surface area contributed by atoms with Crippen LogP contribution in [-0.2, 0) is 16.1 Å². The number of hydrogen-bond acceptors (Lipinski definition) is 4. The van der Waals surface area contributed by atoms with E-state index in [1.807, 2.05) is 43.3 Å². The van der Waals surface area contributed by atoms with E-state index in [1.165, 1.54) is 12.7 Å². The van der Waals surface area contributed by atoms with Gasteiger partial charge in [-0.15, -0.1) is 0 Å². The number of ether oxygens (including phenoxy) is 2. The van der Waals surface area contributed by atoms with Crippen LogP contribution in [0.3, 0.4) is 0 Å². The standard InChI is InChI=1S/C33H37ClN2O4/c1-19(2)24-10-8-11-25(16-24)21(4)35-32(37)26-14-15-29-28(17-26)20(3)22(5)36(29)18-27-12-9-13-30(31(27)34)40-23(6)33(38)39-7/h8-17,19,21,23H,18H2,1-7H3,(H,35,37)/t21-,23+/m0/s1. The van der Waals surface area contributed by atoms with Gasteiger partial charge < -0.3 is 19.4 Å². The molecule has 0 spiro atoms. The van der Waals surface area contributed by atoms with Gasteiger partial charge in [-0.2, -0.15) is 0 Å². The van der Waals surface area contributed by atoms with Gasteiger partial charge in [0.15, 0.2) is 6.10 Å². The second-order valence-electron chi connectivity index (χ2n) is 10.6. The molecule has 210 valence electrons. The molecule has 0 aliphatic heterocycles. The predicted octanol–water partition coefficient (Wildman–Crippen LogP) is 7.51. The number of aromatic nitrogens is 1. The van der Waals surface area contributed by atoms with Crippen molar-refractivity contribution in [3.63, 3.8) is 0 Å². The average Bonchev–Trinajstić information content (AvgIpc) is 3.18. The number of aryl methyl sites for hydroxylation is 1. The molecule has 6 nitrogen and oxygen atoms in total. The van der Waals surface area contributed by atoms with E-state index < -0.39 is 12.1 Å². The first-order valence-electron chi connectivity index (χ1n) is 13.5. The number of fused-ring (bicyclic) bond motifs is 1. The van der Waals surface area contributed by atoms with Crippen molar-refractivity contribution in [2.75, 3.05) is 7.11 Å². The third-order valence-electron chi connectivity index (χ3n) is 7.53. The summed E-state index contributed by atoms with van der Waals surface area (Å²) in [5, 5.41) is 4.62. The highest BCUT2D eigenvalue weighted by atomic mass is 35.5. The molecule has 4 rings (SSSR count). The highest BCUT2D eigenvalue weighted by Crippen LogP contribution is 2.33. The second-order valence-corrected chi connectivity index (χ2v) is 10.9. The van der Waals surface area contributed by atoms with Gasteiger partial charge in [0, 0.05) is 28.7 Å². The normalized spacial score (nSPS) is 12.8. The zero-order valence-corrected chi connectivity index (χ0v) is 24.9. The van der Waals surface area contributed by atoms with E-state index >= 15 is 0 Å². The van der Waals surface area contributed by atoms with Crippen molar-refractivity contribution in [2.45, 2.75) is 66.2 Å². The van der Waals surface area contributed by atoms with E-state index in [4.69, 9.17) is 21.1 Å². The maximum Gasteiger partial charge on any atom is 0.346 e. The minimum Gasteiger partial charge on any atom is -0.477 e. The van der Waals surface area contributed by atoms with Crippen LogP contribution in [0.15, 0.2) is 60.7 Å². The van der Waals surface area contributed by atoms with Crippen molar-refractivity contribution < 1.29 is 19.1 Å². The minimum absolute atomic E-state index is 0.109. The van der Waals surface area contributed by atoms with Crippen LogP contribution in [0.4, 0.5) is 0 Å². The summed E-state index contributed by atoms with van der Waals surface area (Å²) in [4.78, 5) is 25.1. The highest BCUT2D eigenvalue weighted by Gasteiger charge is 2.20. The van der Waals surface area contributed by atoms with Crippen molar-refractivity contribution in [3.05, 3.63) is 99.2 Å². The number of amides is 1. The molecular formula is C33H37ClN2O4. The Labute approximate surface area is 241 Å². The van der Waals surface area contributed by atoms with Crippen LogP contribution in [-0.4, -0.2) is 29.7 Å². The summed E-state index contributed by atoms with van der Waals surface area (Å²) < 4.78 is 12.7. The summed E-state index contributed by atoms with van der Waals surface area (Å²) in [5.41, 5.74) is 7.00. The lowest BCUT2D eigenvalue weighted by molar-refractivity contribution is -0.147. The molecule has 1 amide bonds. The van der Waals surface area contributed by atoms with E-state index in [9.17, 15) is 9.59 Å². The van der Waals surface area contributed by atoms with Crippen LogP contribution in [0, 0.1) is 13.8 Å². The Morgan fingerprint density at radius 2 is 1.65 bits per heavy atom. The van der Waals surface area contributed by atoms with Crippen LogP contribution in [0.25, 0.3) is 10.9 Å². The van der Waals surface area contributed by atoms with E-state index in [1.54, 1.807) is 13.0 Å². The molecule has 1 N–H and O–H groups in total. The molecule has 3 aromatic carbocycles. The number of nitrogens with one attached hydrogen (secondary N) is 1. The molecule has 40 heavy (non-hydrogen) atoms. The Balaban J connectivity index is 1.58. The van der Waals surface area contributed by atoms with Gasteiger partial charge >= 0.3 is 5.97 Å². The summed E-state index contributed by atoms with van der Waals surface area (Å²) in [6, 6.07) is 19.6. The summed E-state index contributed by atoms with van der Waals surface area (Å²) in [6.45, 7) is 12.6. The average molecular weight is 561 g/mol. The molecule has 0 saturated carbocycles. The Morgan fingerprint density at radius 1 is 0.950 bits per heavy atom. The number of hydrogen-bond donors (Lipinski definition) is 1. The van der Waals surface area contributed by atoms with Crippen LogP contribution in [0.1, 0.15) is 78.0 Å². The number of carbonyl (C=O) groups excluding carboxylic acids is 2. The fourth-order valence-electron chi connectivity index (χ4n) is 4.89. The SMILES string of the molecule is COC(=O)[C@@H](C)Oc1cccc(Cn2c(C)c(C)c3cc(C(=O)N[C@@H](C)c4cccc(C(C)C)c4)ccc32)c1Cl. The Morgan fingerprint density at radius 3 is 2.35 bits per heavy atom. The van der Waals surface area contributed by atoms with Crippen molar-refractivity contribution >= 4 is 34.4 Å². The molecule has 0 aliphatic carbocycles. The van der Waals surface area contributed by atoms with Gasteiger partial charge in [0.25, 0.3) is 5.91 Å². The third kappa shape index (κ3) is 6.02. The quantitative estimate of drug-likeness (QED) is 0.215. The molecular weight excluding hydrogens is 524 g/mol. The summed E-state index contributed by atoms with van der Waals surface area (Å²) in [7, 11) is 1.32. The molecule has 0 unspecified atom stereocenters. The molecule has 0 aliphatic rings. The maximum atomic E-state index is 13.2. The van der Waals surface area contributed by atoms with Crippen molar-refractivity contribution in [1.29, 1.82) is 0 Å². The smallest absolute Gasteiger partial charge is 0.346 e. The molecule has 0 saturated heterocycles. The molecule has 1 aromatic heterocycles. The minimum atomic E-state index is -0.777. The van der Waals surface area contributed by atoms with E-state index in [-0.39, 0.29) is 11.9 Å². The summed E-state index contributed by atoms with van der Waals surface area (Å²) >= 11 is 6.71. The second kappa shape index (κ2) is 12.2. The Kier molecular flexibility index (Phi) is 8.89. The number of nitrogens with zero attached hydrogens (tertiary/aromatic N) is 1. The number of halogens is 1. The van der Waals surface area contributed by atoms with E-state index in [0.717, 1.165) is 33.3 Å². The summed E-state index contributed by atoms with van der Waals surface area (Å²) in [5.74, 6) is 0.271. The molecule has 0 radical (unpaired) electrons. The van der Waals surface area contributed by atoms with Crippen LogP contribution in [0.5, 0.6) is 5.75 Å². The zero-order valence-electron chi connectivity index (χ0n) is 24.2. The lowest BCUT2D eigenvalue weighted by Crippen LogP contribution is -2.26. The fraction of sp³-hybridized carbons (Fsp3) is 0.333. The number of esters is 1. The van der Waals surface area contributed by atoms with Crippen molar-refractivity contribution in [2.24, 2.45) is 0 Å². The third-order valence-corrected chi connectivity index (χ3v) is 7.96. The van der Waals surface area contributed by atoms with E-state index in [2.05, 4.69) is 55.8 Å². The zero-order chi connectivity index (χ0) is 29.1. The topological polar surface area (TPSA) is 69.6 Å². The molecule has 1 heterocycles. The largest absolute Gasteiger partial charge is 0.477 e. The molecule has 7 heteroatoms. The Hall–Kier alpha value is -3.77. The van der Waals surface area contributed by atoms with Gasteiger partial charge in [0.2, 0.25) is 0 Å². The molecule has 0 fully saturated rings. The van der Waals surface area contributed by atoms with Gasteiger partial charge in [-0.3, -0.25) is 4.79 Å². The number of benzene rings is 3. The highest BCUT2D eigenvalue weighted by molar-refractivity contribution is 6.32. The van der Waals surface area contributed by atoms with Gasteiger partial charge in [0.1, 0.15) is 5.75 Å². The van der Waals surface area contributed by atoms with Gasteiger partial charge in [0.05, 0.1) is 18.2 Å². The lowest BCUT2D eigenvalue weighted by atomic mass is 9.98. The molecule has 4 aromatic rings. The fourth-order valence-corrected chi connectivity index (χ4v) is 5.12. The van der Waals surface area contributed by atoms with Crippen LogP contribution < -0.4 is 10.1 Å². The monoisotopic (exact) mass is 560 g/mol. The van der Waals surface area contributed by atoms with Crippen LogP contribution in [0.2, 0.25) is 5.02 Å². The van der Waals surface area contributed by atoms with Gasteiger partial charge in [-0.1, -0.05) is 61.8 Å². The Bertz CT molecular complexity index is 1560. The van der Waals surface area contributed by atoms with Crippen LogP contribution >= 0.6 is 11.6 Å². The van der Waals surface area contributed by atoms with E-state index in [0.29, 0.717) is 28.8 Å². The van der Waals surface area contributed by atoms with Gasteiger partial charge in [-0.05, 0) is 80.1 Å². The molecule has 2 atom stereocenters. The number of methoxy groups -OCH3 is 1. The van der Waals surface area contributed by atoms with Gasteiger partial charge in [-0.25, -0.2) is 4.79 Å². The number of rotatable bonds is 9. The predicted molar refractivity (Wildman–Crippen MR) is 160 cm³/mol. The summed E-state index contributed by atoms with van der Waals surface area (Å²) in [6.07, 6.45) is -0.777. The first kappa shape index (κ1) is 29.2.